The zero-order valence-electron chi connectivity index (χ0n) is 16.7. The number of piperidine rings is 1. The number of nitrogens with zero attached hydrogens (tertiary/aromatic N) is 4. The first-order valence-electron chi connectivity index (χ1n) is 9.86. The second-order valence-corrected chi connectivity index (χ2v) is 7.36. The van der Waals surface area contributed by atoms with Gasteiger partial charge in [-0.3, -0.25) is 4.90 Å². The number of halogens is 1. The summed E-state index contributed by atoms with van der Waals surface area (Å²) in [7, 11) is 1.35. The van der Waals surface area contributed by atoms with Crippen LogP contribution in [-0.4, -0.2) is 59.0 Å². The van der Waals surface area contributed by atoms with E-state index in [1.165, 1.54) is 18.5 Å². The van der Waals surface area contributed by atoms with E-state index in [0.29, 0.717) is 11.7 Å². The Balaban J connectivity index is 0.00000240. The van der Waals surface area contributed by atoms with Crippen molar-refractivity contribution in [1.82, 2.24) is 25.0 Å². The molecular formula is C20H28ClN5O3. The lowest BCUT2D eigenvalue weighted by Gasteiger charge is -2.32. The molecule has 2 aromatic rings. The fraction of sp³-hybridized carbons (Fsp3) is 0.550. The predicted octanol–water partition coefficient (Wildman–Crippen LogP) is 1.73. The highest BCUT2D eigenvalue weighted by molar-refractivity contribution is 5.85. The van der Waals surface area contributed by atoms with Crippen LogP contribution in [0.15, 0.2) is 24.3 Å². The first-order valence-corrected chi connectivity index (χ1v) is 9.86. The average Bonchev–Trinajstić information content (AvgIpc) is 3.18. The number of carbonyl (C=O) groups excluding carboxylic acids is 1. The van der Waals surface area contributed by atoms with E-state index in [-0.39, 0.29) is 25.0 Å². The number of esters is 1. The van der Waals surface area contributed by atoms with Crippen molar-refractivity contribution in [2.75, 3.05) is 33.4 Å². The minimum atomic E-state index is -0.378. The van der Waals surface area contributed by atoms with Crippen molar-refractivity contribution in [3.8, 4) is 5.75 Å². The number of ether oxygens (including phenoxy) is 2. The summed E-state index contributed by atoms with van der Waals surface area (Å²) in [6, 6.07) is 7.92. The highest BCUT2D eigenvalue weighted by Crippen LogP contribution is 2.28. The summed E-state index contributed by atoms with van der Waals surface area (Å²) in [4.78, 5) is 13.6. The maximum Gasteiger partial charge on any atom is 0.343 e. The smallest absolute Gasteiger partial charge is 0.343 e. The van der Waals surface area contributed by atoms with Crippen LogP contribution in [0.5, 0.6) is 5.75 Å². The molecule has 2 aliphatic rings. The molecule has 8 nitrogen and oxygen atoms in total. The number of methoxy groups -OCH3 is 1. The van der Waals surface area contributed by atoms with Crippen molar-refractivity contribution in [3.05, 3.63) is 41.5 Å². The van der Waals surface area contributed by atoms with Crippen molar-refractivity contribution >= 4 is 18.4 Å². The van der Waals surface area contributed by atoms with Gasteiger partial charge in [0.15, 0.2) is 6.61 Å². The Morgan fingerprint density at radius 3 is 2.66 bits per heavy atom. The molecule has 0 unspecified atom stereocenters. The van der Waals surface area contributed by atoms with Gasteiger partial charge in [-0.25, -0.2) is 4.79 Å². The zero-order chi connectivity index (χ0) is 19.3. The summed E-state index contributed by atoms with van der Waals surface area (Å²) in [5.41, 5.74) is 1.25. The highest BCUT2D eigenvalue weighted by atomic mass is 35.5. The van der Waals surface area contributed by atoms with E-state index in [1.807, 2.05) is 12.1 Å². The van der Waals surface area contributed by atoms with Gasteiger partial charge in [-0.15, -0.1) is 22.6 Å². The number of carbonyl (C=O) groups is 1. The van der Waals surface area contributed by atoms with Crippen LogP contribution < -0.4 is 10.1 Å². The Bertz CT molecular complexity index is 803. The van der Waals surface area contributed by atoms with Crippen molar-refractivity contribution in [1.29, 1.82) is 0 Å². The molecule has 3 heterocycles. The van der Waals surface area contributed by atoms with Gasteiger partial charge in [0, 0.05) is 25.6 Å². The first-order chi connectivity index (χ1) is 13.7. The average molecular weight is 422 g/mol. The lowest BCUT2D eigenvalue weighted by atomic mass is 9.95. The van der Waals surface area contributed by atoms with E-state index < -0.39 is 0 Å². The van der Waals surface area contributed by atoms with E-state index >= 15 is 0 Å². The van der Waals surface area contributed by atoms with E-state index in [0.717, 1.165) is 57.9 Å². The van der Waals surface area contributed by atoms with Crippen LogP contribution in [0.2, 0.25) is 0 Å². The molecule has 1 N–H and O–H groups in total. The van der Waals surface area contributed by atoms with Gasteiger partial charge in [0.1, 0.15) is 17.4 Å². The van der Waals surface area contributed by atoms with Crippen molar-refractivity contribution in [2.45, 2.75) is 38.4 Å². The second-order valence-electron chi connectivity index (χ2n) is 7.36. The lowest BCUT2D eigenvalue weighted by Crippen LogP contribution is -2.34. The van der Waals surface area contributed by atoms with Gasteiger partial charge in [0.2, 0.25) is 0 Å². The highest BCUT2D eigenvalue weighted by Gasteiger charge is 2.26. The maximum absolute atomic E-state index is 11.1. The number of nitrogens with one attached hydrogen (secondary N) is 1. The Kier molecular flexibility index (Phi) is 7.46. The minimum absolute atomic E-state index is 0. The molecule has 29 heavy (non-hydrogen) atoms. The SMILES string of the molecule is COC(=O)COc1ccc(CN2CCC(c3nnc4n3CCNC4)CC2)cc1.Cl. The maximum atomic E-state index is 11.1. The molecule has 0 atom stereocenters. The Labute approximate surface area is 177 Å². The van der Waals surface area contributed by atoms with Gasteiger partial charge in [-0.2, -0.15) is 0 Å². The second kappa shape index (κ2) is 10.0. The van der Waals surface area contributed by atoms with E-state index in [4.69, 9.17) is 4.74 Å². The largest absolute Gasteiger partial charge is 0.482 e. The Hall–Kier alpha value is -2.16. The third kappa shape index (κ3) is 5.26. The summed E-state index contributed by atoms with van der Waals surface area (Å²) >= 11 is 0. The minimum Gasteiger partial charge on any atom is -0.482 e. The third-order valence-corrected chi connectivity index (χ3v) is 5.52. The van der Waals surface area contributed by atoms with Gasteiger partial charge >= 0.3 is 5.97 Å². The van der Waals surface area contributed by atoms with Crippen molar-refractivity contribution in [3.63, 3.8) is 0 Å². The van der Waals surface area contributed by atoms with E-state index in [2.05, 4.69) is 41.9 Å². The first kappa shape index (κ1) is 21.5. The third-order valence-electron chi connectivity index (χ3n) is 5.52. The number of benzene rings is 1. The molecule has 2 aliphatic heterocycles. The number of aromatic nitrogens is 3. The van der Waals surface area contributed by atoms with Crippen molar-refractivity contribution < 1.29 is 14.3 Å². The molecular weight excluding hydrogens is 394 g/mol. The summed E-state index contributed by atoms with van der Waals surface area (Å²) in [6.45, 7) is 5.78. The van der Waals surface area contributed by atoms with Crippen LogP contribution in [0.3, 0.4) is 0 Å². The molecule has 1 aromatic heterocycles. The quantitative estimate of drug-likeness (QED) is 0.711. The molecule has 158 valence electrons. The number of hydrogen-bond acceptors (Lipinski definition) is 7. The monoisotopic (exact) mass is 421 g/mol. The van der Waals surface area contributed by atoms with E-state index in [1.54, 1.807) is 0 Å². The predicted molar refractivity (Wildman–Crippen MR) is 110 cm³/mol. The van der Waals surface area contributed by atoms with Crippen LogP contribution in [0.4, 0.5) is 0 Å². The molecule has 1 saturated heterocycles. The van der Waals surface area contributed by atoms with Crippen molar-refractivity contribution in [2.24, 2.45) is 0 Å². The molecule has 4 rings (SSSR count). The van der Waals surface area contributed by atoms with Gasteiger partial charge in [-0.1, -0.05) is 12.1 Å². The topological polar surface area (TPSA) is 81.5 Å². The molecule has 0 aliphatic carbocycles. The number of likely N-dealkylation sites (tertiary alicyclic amines) is 1. The summed E-state index contributed by atoms with van der Waals surface area (Å²) < 4.78 is 12.3. The summed E-state index contributed by atoms with van der Waals surface area (Å²) in [5.74, 6) is 3.04. The number of hydrogen-bond donors (Lipinski definition) is 1. The number of rotatable bonds is 6. The Morgan fingerprint density at radius 1 is 1.17 bits per heavy atom. The van der Waals surface area contributed by atoms with Gasteiger partial charge < -0.3 is 19.4 Å². The van der Waals surface area contributed by atoms with Gasteiger partial charge in [0.25, 0.3) is 0 Å². The molecule has 0 radical (unpaired) electrons. The normalized spacial score (nSPS) is 17.3. The van der Waals surface area contributed by atoms with Gasteiger partial charge in [0.05, 0.1) is 13.7 Å². The summed E-state index contributed by atoms with van der Waals surface area (Å²) in [5, 5.41) is 12.2. The fourth-order valence-electron chi connectivity index (χ4n) is 3.92. The fourth-order valence-corrected chi connectivity index (χ4v) is 3.92. The lowest BCUT2D eigenvalue weighted by molar-refractivity contribution is -0.142. The van der Waals surface area contributed by atoms with Crippen LogP contribution in [0.1, 0.15) is 36.0 Å². The zero-order valence-corrected chi connectivity index (χ0v) is 17.5. The molecule has 0 bridgehead atoms. The summed E-state index contributed by atoms with van der Waals surface area (Å²) in [6.07, 6.45) is 2.23. The van der Waals surface area contributed by atoms with Crippen LogP contribution in [-0.2, 0) is 29.2 Å². The standard InChI is InChI=1S/C20H27N5O3.ClH/c1-27-19(26)14-28-17-4-2-15(3-5-17)13-24-9-6-16(7-10-24)20-23-22-18-12-21-8-11-25(18)20;/h2-5,16,21H,6-14H2,1H3;1H. The van der Waals surface area contributed by atoms with Crippen LogP contribution >= 0.6 is 12.4 Å². The van der Waals surface area contributed by atoms with E-state index in [9.17, 15) is 4.79 Å². The molecule has 0 amide bonds. The molecule has 1 aromatic carbocycles. The molecule has 9 heteroatoms. The van der Waals surface area contributed by atoms with Gasteiger partial charge in [-0.05, 0) is 43.6 Å². The molecule has 0 spiro atoms. The number of fused-ring (bicyclic) bond motifs is 1. The Morgan fingerprint density at radius 2 is 1.93 bits per heavy atom. The molecule has 0 saturated carbocycles. The van der Waals surface area contributed by atoms with Crippen LogP contribution in [0, 0.1) is 0 Å². The molecule has 1 fully saturated rings. The van der Waals surface area contributed by atoms with Crippen LogP contribution in [0.25, 0.3) is 0 Å².